The third kappa shape index (κ3) is 3.82. The Kier molecular flexibility index (Phi) is 5.08. The molecule has 0 fully saturated rings. The molecular weight excluding hydrogens is 284 g/mol. The van der Waals surface area contributed by atoms with Gasteiger partial charge in [0.2, 0.25) is 0 Å². The molecule has 0 saturated heterocycles. The van der Waals surface area contributed by atoms with Gasteiger partial charge >= 0.3 is 5.97 Å². The summed E-state index contributed by atoms with van der Waals surface area (Å²) in [5, 5.41) is 11.8. The number of carboxylic acid groups (broad SMARTS) is 1. The van der Waals surface area contributed by atoms with E-state index in [4.69, 9.17) is 4.74 Å². The lowest BCUT2D eigenvalue weighted by molar-refractivity contribution is -0.139. The van der Waals surface area contributed by atoms with E-state index in [1.807, 2.05) is 0 Å². The molecule has 22 heavy (non-hydrogen) atoms. The Balaban J connectivity index is 2.14. The Morgan fingerprint density at radius 2 is 1.91 bits per heavy atom. The molecule has 1 atom stereocenters. The van der Waals surface area contributed by atoms with Crippen molar-refractivity contribution in [2.24, 2.45) is 0 Å². The number of para-hydroxylation sites is 1. The molecule has 1 heterocycles. The van der Waals surface area contributed by atoms with Crippen LogP contribution in [0.2, 0.25) is 0 Å². The summed E-state index contributed by atoms with van der Waals surface area (Å²) in [5.74, 6) is -0.968. The molecule has 1 amide bonds. The van der Waals surface area contributed by atoms with Crippen molar-refractivity contribution in [3.8, 4) is 5.75 Å². The number of methoxy groups -OCH3 is 1. The van der Waals surface area contributed by atoms with Crippen molar-refractivity contribution in [1.29, 1.82) is 0 Å². The molecule has 1 aromatic carbocycles. The molecule has 2 rings (SSSR count). The van der Waals surface area contributed by atoms with Crippen molar-refractivity contribution in [3.05, 3.63) is 59.9 Å². The summed E-state index contributed by atoms with van der Waals surface area (Å²) in [4.78, 5) is 27.3. The number of aromatic nitrogens is 1. The maximum Gasteiger partial charge on any atom is 0.326 e. The lowest BCUT2D eigenvalue weighted by Crippen LogP contribution is -2.42. The van der Waals surface area contributed by atoms with Crippen molar-refractivity contribution in [2.45, 2.75) is 12.5 Å². The molecule has 1 aromatic heterocycles. The topological polar surface area (TPSA) is 88.5 Å². The number of hydrogen-bond donors (Lipinski definition) is 2. The largest absolute Gasteiger partial charge is 0.496 e. The first-order valence-electron chi connectivity index (χ1n) is 6.67. The number of rotatable bonds is 6. The number of carbonyl (C=O) groups excluding carboxylic acids is 1. The molecule has 0 aliphatic rings. The first kappa shape index (κ1) is 15.5. The second-order valence-corrected chi connectivity index (χ2v) is 4.62. The van der Waals surface area contributed by atoms with Gasteiger partial charge in [-0.05, 0) is 23.8 Å². The number of aliphatic carboxylic acids is 1. The van der Waals surface area contributed by atoms with Crippen LogP contribution in [-0.2, 0) is 11.2 Å². The van der Waals surface area contributed by atoms with E-state index >= 15 is 0 Å². The minimum atomic E-state index is -1.10. The molecule has 0 radical (unpaired) electrons. The van der Waals surface area contributed by atoms with E-state index in [9.17, 15) is 14.7 Å². The summed E-state index contributed by atoms with van der Waals surface area (Å²) in [6.07, 6.45) is 3.09. The van der Waals surface area contributed by atoms with E-state index in [1.54, 1.807) is 24.3 Å². The highest BCUT2D eigenvalue weighted by Gasteiger charge is 2.22. The number of hydrogen-bond acceptors (Lipinski definition) is 4. The van der Waals surface area contributed by atoms with Gasteiger partial charge in [-0.2, -0.15) is 0 Å². The molecular formula is C16H16N2O4. The van der Waals surface area contributed by atoms with Crippen LogP contribution in [0.5, 0.6) is 5.75 Å². The Bertz CT molecular complexity index is 658. The lowest BCUT2D eigenvalue weighted by Gasteiger charge is -2.16. The van der Waals surface area contributed by atoms with Crippen molar-refractivity contribution in [2.75, 3.05) is 7.11 Å². The van der Waals surface area contributed by atoms with Gasteiger partial charge in [0.25, 0.3) is 5.91 Å². The average Bonchev–Trinajstić information content (AvgIpc) is 2.55. The molecule has 6 nitrogen and oxygen atoms in total. The average molecular weight is 300 g/mol. The Labute approximate surface area is 127 Å². The summed E-state index contributed by atoms with van der Waals surface area (Å²) in [6.45, 7) is 0. The van der Waals surface area contributed by atoms with Crippen LogP contribution in [0.25, 0.3) is 0 Å². The first-order valence-corrected chi connectivity index (χ1v) is 6.67. The van der Waals surface area contributed by atoms with Crippen LogP contribution in [0.1, 0.15) is 15.9 Å². The number of pyridine rings is 1. The quantitative estimate of drug-likeness (QED) is 0.844. The Morgan fingerprint density at radius 1 is 1.23 bits per heavy atom. The molecule has 114 valence electrons. The van der Waals surface area contributed by atoms with E-state index < -0.39 is 17.9 Å². The van der Waals surface area contributed by atoms with Crippen LogP contribution >= 0.6 is 0 Å². The highest BCUT2D eigenvalue weighted by atomic mass is 16.5. The summed E-state index contributed by atoms with van der Waals surface area (Å²) in [5.41, 5.74) is 1.08. The number of carboxylic acids is 1. The van der Waals surface area contributed by atoms with Gasteiger partial charge in [0.1, 0.15) is 11.8 Å². The highest BCUT2D eigenvalue weighted by Crippen LogP contribution is 2.19. The van der Waals surface area contributed by atoms with Gasteiger partial charge in [-0.25, -0.2) is 4.79 Å². The molecule has 0 spiro atoms. The highest BCUT2D eigenvalue weighted by molar-refractivity contribution is 5.96. The Hall–Kier alpha value is -2.89. The fourth-order valence-corrected chi connectivity index (χ4v) is 2.04. The van der Waals surface area contributed by atoms with E-state index in [0.717, 1.165) is 0 Å². The van der Waals surface area contributed by atoms with Gasteiger partial charge in [-0.3, -0.25) is 9.78 Å². The molecule has 0 aliphatic heterocycles. The predicted octanol–water partition coefficient (Wildman–Crippen LogP) is 1.52. The molecule has 0 saturated carbocycles. The van der Waals surface area contributed by atoms with Gasteiger partial charge < -0.3 is 15.2 Å². The van der Waals surface area contributed by atoms with E-state index in [1.165, 1.54) is 31.6 Å². The fraction of sp³-hybridized carbons (Fsp3) is 0.188. The predicted molar refractivity (Wildman–Crippen MR) is 79.8 cm³/mol. The van der Waals surface area contributed by atoms with Crippen LogP contribution < -0.4 is 10.1 Å². The molecule has 2 aromatic rings. The maximum atomic E-state index is 12.1. The number of benzene rings is 1. The zero-order valence-corrected chi connectivity index (χ0v) is 12.0. The maximum absolute atomic E-state index is 12.1. The van der Waals surface area contributed by atoms with Gasteiger partial charge in [0.15, 0.2) is 0 Å². The normalized spacial score (nSPS) is 11.5. The third-order valence-corrected chi connectivity index (χ3v) is 3.16. The Morgan fingerprint density at radius 3 is 2.55 bits per heavy atom. The molecule has 0 aliphatic carbocycles. The van der Waals surface area contributed by atoms with E-state index in [0.29, 0.717) is 16.9 Å². The number of nitrogens with zero attached hydrogens (tertiary/aromatic N) is 1. The SMILES string of the molecule is COc1ccccc1C[C@H](NC(=O)c1ccncc1)C(=O)O. The smallest absolute Gasteiger partial charge is 0.326 e. The summed E-state index contributed by atoms with van der Waals surface area (Å²) >= 11 is 0. The molecule has 0 bridgehead atoms. The lowest BCUT2D eigenvalue weighted by atomic mass is 10.0. The van der Waals surface area contributed by atoms with Gasteiger partial charge in [-0.1, -0.05) is 18.2 Å². The van der Waals surface area contributed by atoms with Crippen LogP contribution in [0.3, 0.4) is 0 Å². The van der Waals surface area contributed by atoms with Crippen molar-refractivity contribution in [3.63, 3.8) is 0 Å². The van der Waals surface area contributed by atoms with Crippen LogP contribution in [0, 0.1) is 0 Å². The van der Waals surface area contributed by atoms with Crippen molar-refractivity contribution >= 4 is 11.9 Å². The minimum absolute atomic E-state index is 0.135. The minimum Gasteiger partial charge on any atom is -0.496 e. The first-order chi connectivity index (χ1) is 10.6. The zero-order chi connectivity index (χ0) is 15.9. The van der Waals surface area contributed by atoms with Gasteiger partial charge in [0, 0.05) is 24.4 Å². The van der Waals surface area contributed by atoms with Crippen molar-refractivity contribution in [1.82, 2.24) is 10.3 Å². The standard InChI is InChI=1S/C16H16N2O4/c1-22-14-5-3-2-4-12(14)10-13(16(20)21)18-15(19)11-6-8-17-9-7-11/h2-9,13H,10H2,1H3,(H,18,19)(H,20,21)/t13-/m0/s1. The van der Waals surface area contributed by atoms with Crippen molar-refractivity contribution < 1.29 is 19.4 Å². The summed E-state index contributed by atoms with van der Waals surface area (Å²) < 4.78 is 5.20. The number of amides is 1. The fourth-order valence-electron chi connectivity index (χ4n) is 2.04. The molecule has 2 N–H and O–H groups in total. The zero-order valence-electron chi connectivity index (χ0n) is 12.0. The summed E-state index contributed by atoms with van der Waals surface area (Å²) in [6, 6.07) is 9.12. The van der Waals surface area contributed by atoms with E-state index in [-0.39, 0.29) is 6.42 Å². The monoisotopic (exact) mass is 300 g/mol. The second-order valence-electron chi connectivity index (χ2n) is 4.62. The van der Waals surface area contributed by atoms with Gasteiger partial charge in [0.05, 0.1) is 7.11 Å². The number of ether oxygens (including phenoxy) is 1. The van der Waals surface area contributed by atoms with Crippen LogP contribution in [-0.4, -0.2) is 35.1 Å². The van der Waals surface area contributed by atoms with E-state index in [2.05, 4.69) is 10.3 Å². The third-order valence-electron chi connectivity index (χ3n) is 3.16. The number of carbonyl (C=O) groups is 2. The molecule has 6 heteroatoms. The number of nitrogens with one attached hydrogen (secondary N) is 1. The van der Waals surface area contributed by atoms with Crippen LogP contribution in [0.4, 0.5) is 0 Å². The van der Waals surface area contributed by atoms with Gasteiger partial charge in [-0.15, -0.1) is 0 Å². The van der Waals surface area contributed by atoms with Crippen LogP contribution in [0.15, 0.2) is 48.8 Å². The second kappa shape index (κ2) is 7.21. The molecule has 0 unspecified atom stereocenters. The summed E-state index contributed by atoms with van der Waals surface area (Å²) in [7, 11) is 1.52.